The Hall–Kier alpha value is -4.76. The van der Waals surface area contributed by atoms with Gasteiger partial charge in [-0.05, 0) is 57.4 Å². The molecule has 3 aromatic carbocycles. The summed E-state index contributed by atoms with van der Waals surface area (Å²) in [5, 5.41) is 14.5. The first-order chi connectivity index (χ1) is 18.5. The van der Waals surface area contributed by atoms with Crippen molar-refractivity contribution in [1.82, 2.24) is 30.1 Å². The predicted octanol–water partition coefficient (Wildman–Crippen LogP) is 4.23. The van der Waals surface area contributed by atoms with E-state index in [0.717, 1.165) is 11.1 Å². The van der Waals surface area contributed by atoms with Crippen molar-refractivity contribution in [2.75, 3.05) is 14.2 Å². The summed E-state index contributed by atoms with van der Waals surface area (Å²) in [7, 11) is 3.11. The molecule has 0 aliphatic carbocycles. The topological polar surface area (TPSA) is 104 Å². The highest BCUT2D eigenvalue weighted by Crippen LogP contribution is 2.35. The maximum atomic E-state index is 13.4. The van der Waals surface area contributed by atoms with Crippen molar-refractivity contribution < 1.29 is 9.53 Å². The van der Waals surface area contributed by atoms with Gasteiger partial charge in [-0.1, -0.05) is 48.0 Å². The highest BCUT2D eigenvalue weighted by Gasteiger charge is 2.18. The Morgan fingerprint density at radius 3 is 2.53 bits per heavy atom. The fraction of sp³-hybridized carbons (Fsp3) is 0.107. The Kier molecular flexibility index (Phi) is 7.01. The molecule has 0 spiro atoms. The van der Waals surface area contributed by atoms with E-state index in [1.165, 1.54) is 28.8 Å². The first-order valence-electron chi connectivity index (χ1n) is 11.7. The average molecular weight is 527 g/mol. The van der Waals surface area contributed by atoms with Crippen LogP contribution in [0.25, 0.3) is 27.9 Å². The number of hydrogen-bond acceptors (Lipinski definition) is 6. The van der Waals surface area contributed by atoms with Gasteiger partial charge in [0, 0.05) is 34.8 Å². The number of nitrogens with one attached hydrogen (secondary N) is 1. The molecule has 5 aromatic rings. The third-order valence-electron chi connectivity index (χ3n) is 6.18. The van der Waals surface area contributed by atoms with Crippen LogP contribution in [0.3, 0.4) is 0 Å². The fourth-order valence-electron chi connectivity index (χ4n) is 4.32. The number of ether oxygens (including phenoxy) is 1. The molecule has 1 N–H and O–H groups in total. The molecule has 0 bridgehead atoms. The normalized spacial score (nSPS) is 10.8. The summed E-state index contributed by atoms with van der Waals surface area (Å²) in [6.45, 7) is 0.161. The molecule has 0 saturated carbocycles. The Morgan fingerprint density at radius 1 is 1.00 bits per heavy atom. The molecular formula is C28H23ClN6O3. The highest BCUT2D eigenvalue weighted by atomic mass is 35.5. The van der Waals surface area contributed by atoms with Crippen molar-refractivity contribution >= 4 is 17.5 Å². The second-order valence-electron chi connectivity index (χ2n) is 8.45. The standard InChI is InChI=1S/C28H23ClN6O3/c1-30-28(37)22-10-8-19(18-6-4-3-5-7-18)12-20(22)15-34-16-26(38-2)24(14-27(34)36)23-13-21(29)9-11-25(23)35-17-31-32-33-35/h3-14,16-17H,15H2,1-2H3,(H,30,37). The van der Waals surface area contributed by atoms with Gasteiger partial charge in [-0.15, -0.1) is 5.10 Å². The summed E-state index contributed by atoms with van der Waals surface area (Å²) in [4.78, 5) is 26.0. The van der Waals surface area contributed by atoms with E-state index in [1.54, 1.807) is 37.5 Å². The van der Waals surface area contributed by atoms with Gasteiger partial charge < -0.3 is 14.6 Å². The summed E-state index contributed by atoms with van der Waals surface area (Å²) < 4.78 is 8.70. The number of aromatic nitrogens is 5. The van der Waals surface area contributed by atoms with E-state index in [4.69, 9.17) is 16.3 Å². The zero-order chi connectivity index (χ0) is 26.6. The van der Waals surface area contributed by atoms with Gasteiger partial charge in [0.1, 0.15) is 12.1 Å². The quantitative estimate of drug-likeness (QED) is 0.340. The average Bonchev–Trinajstić information content (AvgIpc) is 3.49. The molecule has 38 heavy (non-hydrogen) atoms. The fourth-order valence-corrected chi connectivity index (χ4v) is 4.49. The first kappa shape index (κ1) is 24.9. The number of benzene rings is 3. The van der Waals surface area contributed by atoms with Crippen LogP contribution in [0, 0.1) is 0 Å². The van der Waals surface area contributed by atoms with E-state index < -0.39 is 0 Å². The monoisotopic (exact) mass is 526 g/mol. The molecule has 0 aliphatic rings. The number of tetrazole rings is 1. The third kappa shape index (κ3) is 4.91. The SMILES string of the molecule is CNC(=O)c1ccc(-c2ccccc2)cc1Cn1cc(OC)c(-c2cc(Cl)ccc2-n2cnnn2)cc1=O. The largest absolute Gasteiger partial charge is 0.495 e. The molecule has 2 aromatic heterocycles. The minimum Gasteiger partial charge on any atom is -0.495 e. The van der Waals surface area contributed by atoms with Crippen LogP contribution in [0.1, 0.15) is 15.9 Å². The van der Waals surface area contributed by atoms with Crippen LogP contribution >= 0.6 is 11.6 Å². The lowest BCUT2D eigenvalue weighted by Crippen LogP contribution is -2.24. The van der Waals surface area contributed by atoms with Crippen LogP contribution in [-0.2, 0) is 6.54 Å². The Bertz CT molecular complexity index is 1670. The van der Waals surface area contributed by atoms with Crippen molar-refractivity contribution in [3.8, 4) is 33.7 Å². The van der Waals surface area contributed by atoms with Crippen molar-refractivity contribution in [2.24, 2.45) is 0 Å². The summed E-state index contributed by atoms with van der Waals surface area (Å²) >= 11 is 6.31. The van der Waals surface area contributed by atoms with Gasteiger partial charge in [-0.3, -0.25) is 9.59 Å². The van der Waals surface area contributed by atoms with E-state index in [2.05, 4.69) is 20.8 Å². The van der Waals surface area contributed by atoms with Gasteiger partial charge in [0.25, 0.3) is 11.5 Å². The van der Waals surface area contributed by atoms with Crippen LogP contribution in [0.15, 0.2) is 90.1 Å². The second-order valence-corrected chi connectivity index (χ2v) is 8.89. The van der Waals surface area contributed by atoms with Gasteiger partial charge in [0.2, 0.25) is 0 Å². The number of methoxy groups -OCH3 is 1. The molecule has 10 heteroatoms. The van der Waals surface area contributed by atoms with E-state index in [9.17, 15) is 9.59 Å². The summed E-state index contributed by atoms with van der Waals surface area (Å²) in [6.07, 6.45) is 3.09. The molecule has 0 saturated heterocycles. The summed E-state index contributed by atoms with van der Waals surface area (Å²) in [5.74, 6) is 0.211. The smallest absolute Gasteiger partial charge is 0.251 e. The number of nitrogens with zero attached hydrogens (tertiary/aromatic N) is 5. The van der Waals surface area contributed by atoms with Crippen LogP contribution in [0.5, 0.6) is 5.75 Å². The number of pyridine rings is 1. The molecule has 0 fully saturated rings. The van der Waals surface area contributed by atoms with Gasteiger partial charge in [0.15, 0.2) is 0 Å². The van der Waals surface area contributed by atoms with Crippen molar-refractivity contribution in [3.63, 3.8) is 0 Å². The van der Waals surface area contributed by atoms with Gasteiger partial charge >= 0.3 is 0 Å². The summed E-state index contributed by atoms with van der Waals surface area (Å²) in [6, 6.07) is 22.1. The molecule has 5 rings (SSSR count). The molecule has 9 nitrogen and oxygen atoms in total. The van der Waals surface area contributed by atoms with E-state index in [1.807, 2.05) is 42.5 Å². The Balaban J connectivity index is 1.61. The van der Waals surface area contributed by atoms with Crippen LogP contribution in [-0.4, -0.2) is 44.8 Å². The number of carbonyl (C=O) groups excluding carboxylic acids is 1. The molecule has 0 aliphatic heterocycles. The number of hydrogen-bond donors (Lipinski definition) is 1. The predicted molar refractivity (Wildman–Crippen MR) is 145 cm³/mol. The first-order valence-corrected chi connectivity index (χ1v) is 12.1. The van der Waals surface area contributed by atoms with Crippen LogP contribution in [0.2, 0.25) is 5.02 Å². The van der Waals surface area contributed by atoms with Crippen molar-refractivity contribution in [2.45, 2.75) is 6.54 Å². The molecule has 2 heterocycles. The van der Waals surface area contributed by atoms with Gasteiger partial charge in [0.05, 0.1) is 25.5 Å². The number of rotatable bonds is 7. The molecular weight excluding hydrogens is 504 g/mol. The molecule has 1 amide bonds. The summed E-state index contributed by atoms with van der Waals surface area (Å²) in [5.41, 5.74) is 4.64. The lowest BCUT2D eigenvalue weighted by Gasteiger charge is -2.17. The second kappa shape index (κ2) is 10.7. The van der Waals surface area contributed by atoms with Gasteiger partial charge in [-0.25, -0.2) is 0 Å². The lowest BCUT2D eigenvalue weighted by atomic mass is 9.98. The number of halogens is 1. The Morgan fingerprint density at radius 2 is 1.82 bits per heavy atom. The number of carbonyl (C=O) groups is 1. The Labute approximate surface area is 223 Å². The lowest BCUT2D eigenvalue weighted by molar-refractivity contribution is 0.0962. The minimum atomic E-state index is -0.281. The molecule has 190 valence electrons. The highest BCUT2D eigenvalue weighted by molar-refractivity contribution is 6.31. The van der Waals surface area contributed by atoms with Crippen LogP contribution in [0.4, 0.5) is 0 Å². The minimum absolute atomic E-state index is 0.161. The zero-order valence-electron chi connectivity index (χ0n) is 20.6. The van der Waals surface area contributed by atoms with Crippen molar-refractivity contribution in [3.05, 3.63) is 112 Å². The van der Waals surface area contributed by atoms with Crippen LogP contribution < -0.4 is 15.6 Å². The molecule has 0 radical (unpaired) electrons. The van der Waals surface area contributed by atoms with Gasteiger partial charge in [-0.2, -0.15) is 4.68 Å². The third-order valence-corrected chi connectivity index (χ3v) is 6.41. The van der Waals surface area contributed by atoms with E-state index >= 15 is 0 Å². The number of amides is 1. The zero-order valence-corrected chi connectivity index (χ0v) is 21.4. The van der Waals surface area contributed by atoms with E-state index in [-0.39, 0.29) is 18.0 Å². The molecule has 0 unspecified atom stereocenters. The van der Waals surface area contributed by atoms with Crippen molar-refractivity contribution in [1.29, 1.82) is 0 Å². The maximum Gasteiger partial charge on any atom is 0.251 e. The molecule has 0 atom stereocenters. The maximum absolute atomic E-state index is 13.4. The van der Waals surface area contributed by atoms with E-state index in [0.29, 0.717) is 38.7 Å².